The molecule has 286 valence electrons. The number of fused-ring (bicyclic) bond motifs is 1. The molecule has 1 unspecified atom stereocenters. The van der Waals surface area contributed by atoms with Crippen LogP contribution in [0.5, 0.6) is 5.75 Å². The van der Waals surface area contributed by atoms with Gasteiger partial charge in [-0.25, -0.2) is 0 Å². The predicted molar refractivity (Wildman–Crippen MR) is 205 cm³/mol. The van der Waals surface area contributed by atoms with Crippen LogP contribution in [0.2, 0.25) is 0 Å². The lowest BCUT2D eigenvalue weighted by molar-refractivity contribution is -0.165. The number of anilines is 1. The smallest absolute Gasteiger partial charge is 0.313 e. The normalized spacial score (nSPS) is 26.1. The minimum absolute atomic E-state index is 0.0840. The number of hydrogen-bond donors (Lipinski definition) is 1. The number of carbonyl (C=O) groups is 4. The zero-order valence-corrected chi connectivity index (χ0v) is 32.8. The van der Waals surface area contributed by atoms with Crippen LogP contribution in [-0.4, -0.2) is 101 Å². The van der Waals surface area contributed by atoms with Gasteiger partial charge in [-0.15, -0.1) is 13.2 Å². The molecule has 12 heteroatoms. The molecule has 2 aromatic rings. The maximum atomic E-state index is 15.0. The van der Waals surface area contributed by atoms with Crippen molar-refractivity contribution in [2.24, 2.45) is 17.8 Å². The number of ether oxygens (including phenoxy) is 3. The molecular weight excluding hydrogens is 742 g/mol. The minimum Gasteiger partial charge on any atom is -0.497 e. The zero-order chi connectivity index (χ0) is 38.6. The second-order valence-corrected chi connectivity index (χ2v) is 15.8. The summed E-state index contributed by atoms with van der Waals surface area (Å²) in [6.07, 6.45) is 3.15. The van der Waals surface area contributed by atoms with Gasteiger partial charge in [0.25, 0.3) is 5.91 Å². The SMILES string of the molecule is C=CCCC(=O)N(C)[C@@H](C)[C@@H](OC(=O)[C@H]1[C@@H]2O[C@@]3(CC2Br)[C@@H]1C(=O)N([C@@H](CO)CC(C)C)[C@@H]3C(=O)N(CC=C)c1ccc(OC)cc1)c1ccccc1. The molecule has 0 aromatic heterocycles. The van der Waals surface area contributed by atoms with Crippen molar-refractivity contribution in [3.8, 4) is 5.75 Å². The van der Waals surface area contributed by atoms with Crippen LogP contribution in [0.4, 0.5) is 5.69 Å². The average molecular weight is 795 g/mol. The second-order valence-electron chi connectivity index (χ2n) is 14.7. The minimum atomic E-state index is -1.39. The van der Waals surface area contributed by atoms with E-state index in [1.165, 1.54) is 4.90 Å². The third-order valence-electron chi connectivity index (χ3n) is 10.9. The van der Waals surface area contributed by atoms with Gasteiger partial charge in [0, 0.05) is 30.5 Å². The van der Waals surface area contributed by atoms with Gasteiger partial charge in [-0.2, -0.15) is 0 Å². The van der Waals surface area contributed by atoms with E-state index in [0.29, 0.717) is 29.8 Å². The zero-order valence-electron chi connectivity index (χ0n) is 31.2. The van der Waals surface area contributed by atoms with E-state index in [0.717, 1.165) is 0 Å². The number of likely N-dealkylation sites (N-methyl/N-ethyl adjacent to an activating group) is 1. The first-order valence-electron chi connectivity index (χ1n) is 18.3. The van der Waals surface area contributed by atoms with Gasteiger partial charge in [0.15, 0.2) is 0 Å². The fraction of sp³-hybridized carbons (Fsp3) is 0.512. The van der Waals surface area contributed by atoms with Crippen LogP contribution in [-0.2, 0) is 28.7 Å². The molecule has 0 saturated carbocycles. The van der Waals surface area contributed by atoms with Crippen LogP contribution in [0.1, 0.15) is 58.1 Å². The van der Waals surface area contributed by atoms with E-state index in [-0.39, 0.29) is 42.6 Å². The van der Waals surface area contributed by atoms with Crippen LogP contribution >= 0.6 is 15.9 Å². The highest BCUT2D eigenvalue weighted by Gasteiger charge is 2.77. The highest BCUT2D eigenvalue weighted by molar-refractivity contribution is 9.09. The number of halogens is 1. The third-order valence-corrected chi connectivity index (χ3v) is 11.8. The van der Waals surface area contributed by atoms with E-state index in [1.807, 2.05) is 51.1 Å². The molecule has 3 saturated heterocycles. The Bertz CT molecular complexity index is 1650. The van der Waals surface area contributed by atoms with Gasteiger partial charge in [0.2, 0.25) is 11.8 Å². The van der Waals surface area contributed by atoms with Crippen molar-refractivity contribution in [1.82, 2.24) is 9.80 Å². The standard InChI is InChI=1S/C41H52BrN3O8/c1-8-10-16-32(47)43(6)26(5)35(27-14-12-11-13-15-27)52-40(50)33-34-38(48)45(29(24-46)22-25(3)4)37(41(34)23-31(42)36(33)53-41)39(49)44(21-9-2)28-17-19-30(51-7)20-18-28/h8-9,11-15,17-20,25-26,29,31,33-37,46H,1-2,10,16,21-24H2,3-7H3/t26-,29+,31?,33+,34-,35+,36+,37+,41-/m0/s1. The molecule has 1 N–H and O–H groups in total. The number of carbonyl (C=O) groups excluding carboxylic acids is 4. The van der Waals surface area contributed by atoms with Crippen LogP contribution in [0.15, 0.2) is 79.9 Å². The van der Waals surface area contributed by atoms with Crippen molar-refractivity contribution in [3.05, 3.63) is 85.5 Å². The molecule has 3 fully saturated rings. The number of aliphatic hydroxyl groups excluding tert-OH is 1. The number of nitrogens with zero attached hydrogens (tertiary/aromatic N) is 3. The van der Waals surface area contributed by atoms with E-state index >= 15 is 4.79 Å². The summed E-state index contributed by atoms with van der Waals surface area (Å²) in [5, 5.41) is 10.8. The Morgan fingerprint density at radius 3 is 2.36 bits per heavy atom. The van der Waals surface area contributed by atoms with Crippen LogP contribution in [0.3, 0.4) is 0 Å². The number of likely N-dealkylation sites (tertiary alicyclic amines) is 1. The Morgan fingerprint density at radius 1 is 1.09 bits per heavy atom. The van der Waals surface area contributed by atoms with Gasteiger partial charge in [-0.05, 0) is 61.9 Å². The van der Waals surface area contributed by atoms with Crippen molar-refractivity contribution in [2.45, 2.75) is 87.2 Å². The number of methoxy groups -OCH3 is 1. The van der Waals surface area contributed by atoms with Crippen molar-refractivity contribution in [1.29, 1.82) is 0 Å². The van der Waals surface area contributed by atoms with Gasteiger partial charge in [-0.1, -0.05) is 72.3 Å². The predicted octanol–water partition coefficient (Wildman–Crippen LogP) is 5.47. The molecule has 2 bridgehead atoms. The number of amides is 3. The molecule has 2 aromatic carbocycles. The summed E-state index contributed by atoms with van der Waals surface area (Å²) >= 11 is 3.75. The molecule has 3 amide bonds. The number of alkyl halides is 1. The van der Waals surface area contributed by atoms with Crippen molar-refractivity contribution < 1.29 is 38.5 Å². The number of allylic oxidation sites excluding steroid dienone is 1. The Hall–Kier alpha value is -4.00. The van der Waals surface area contributed by atoms with Crippen molar-refractivity contribution >= 4 is 45.3 Å². The molecule has 3 heterocycles. The van der Waals surface area contributed by atoms with Crippen LogP contribution in [0, 0.1) is 17.8 Å². The van der Waals surface area contributed by atoms with Gasteiger partial charge in [0.05, 0.1) is 43.7 Å². The lowest BCUT2D eigenvalue weighted by Crippen LogP contribution is -2.59. The maximum Gasteiger partial charge on any atom is 0.313 e. The fourth-order valence-electron chi connectivity index (χ4n) is 8.31. The van der Waals surface area contributed by atoms with E-state index in [1.54, 1.807) is 60.4 Å². The fourth-order valence-corrected chi connectivity index (χ4v) is 9.26. The van der Waals surface area contributed by atoms with E-state index < -0.39 is 65.6 Å². The van der Waals surface area contributed by atoms with Crippen molar-refractivity contribution in [2.75, 3.05) is 32.2 Å². The summed E-state index contributed by atoms with van der Waals surface area (Å²) in [5.74, 6) is -3.02. The molecule has 3 aliphatic heterocycles. The summed E-state index contributed by atoms with van der Waals surface area (Å²) in [7, 11) is 3.24. The molecule has 1 spiro atoms. The quantitative estimate of drug-likeness (QED) is 0.127. The lowest BCUT2D eigenvalue weighted by Gasteiger charge is -2.39. The number of hydrogen-bond acceptors (Lipinski definition) is 8. The molecule has 3 aliphatic rings. The second kappa shape index (κ2) is 17.0. The summed E-state index contributed by atoms with van der Waals surface area (Å²) in [6, 6.07) is 13.8. The van der Waals surface area contributed by atoms with Crippen LogP contribution < -0.4 is 9.64 Å². The first-order valence-corrected chi connectivity index (χ1v) is 19.2. The topological polar surface area (TPSA) is 126 Å². The number of esters is 1. The van der Waals surface area contributed by atoms with E-state index in [9.17, 15) is 19.5 Å². The summed E-state index contributed by atoms with van der Waals surface area (Å²) < 4.78 is 18.5. The van der Waals surface area contributed by atoms with E-state index in [4.69, 9.17) is 14.2 Å². The largest absolute Gasteiger partial charge is 0.497 e. The highest BCUT2D eigenvalue weighted by Crippen LogP contribution is 2.61. The van der Waals surface area contributed by atoms with Gasteiger partial charge in [-0.3, -0.25) is 19.2 Å². The van der Waals surface area contributed by atoms with Gasteiger partial charge < -0.3 is 34.0 Å². The van der Waals surface area contributed by atoms with Crippen molar-refractivity contribution in [3.63, 3.8) is 0 Å². The Kier molecular flexibility index (Phi) is 12.9. The average Bonchev–Trinajstić information content (AvgIpc) is 3.76. The molecular formula is C41H52BrN3O8. The Morgan fingerprint density at radius 2 is 1.77 bits per heavy atom. The van der Waals surface area contributed by atoms with Crippen LogP contribution in [0.25, 0.3) is 0 Å². The first kappa shape index (κ1) is 40.2. The number of rotatable bonds is 17. The molecule has 0 aliphatic carbocycles. The number of benzene rings is 2. The molecule has 53 heavy (non-hydrogen) atoms. The summed E-state index contributed by atoms with van der Waals surface area (Å²) in [6.45, 7) is 13.2. The third kappa shape index (κ3) is 7.68. The number of aliphatic hydroxyl groups is 1. The molecule has 11 nitrogen and oxygen atoms in total. The van der Waals surface area contributed by atoms with E-state index in [2.05, 4.69) is 29.1 Å². The highest BCUT2D eigenvalue weighted by atomic mass is 79.9. The monoisotopic (exact) mass is 793 g/mol. The maximum absolute atomic E-state index is 15.0. The van der Waals surface area contributed by atoms with Gasteiger partial charge in [0.1, 0.15) is 23.5 Å². The molecule has 0 radical (unpaired) electrons. The summed E-state index contributed by atoms with van der Waals surface area (Å²) in [4.78, 5) is 61.9. The lowest BCUT2D eigenvalue weighted by atomic mass is 9.70. The first-order chi connectivity index (χ1) is 25.3. The molecule has 9 atom stereocenters. The Labute approximate surface area is 321 Å². The van der Waals surface area contributed by atoms with Gasteiger partial charge >= 0.3 is 5.97 Å². The Balaban J connectivity index is 1.56. The molecule has 5 rings (SSSR count). The summed E-state index contributed by atoms with van der Waals surface area (Å²) in [5.41, 5.74) is -0.133.